The monoisotopic (exact) mass is 209 g/mol. The number of rotatable bonds is 2. The number of piperidine rings is 1. The topological polar surface area (TPSA) is 20.3 Å². The number of carbonyl (C=O) groups excluding carboxylic acids is 1. The first kappa shape index (κ1) is 11.0. The highest BCUT2D eigenvalue weighted by atomic mass is 16.2. The second-order valence-corrected chi connectivity index (χ2v) is 6.47. The average Bonchev–Trinajstić information content (AvgIpc) is 2.53. The molecule has 2 heteroatoms. The van der Waals surface area contributed by atoms with E-state index >= 15 is 0 Å². The smallest absolute Gasteiger partial charge is 0.222 e. The lowest BCUT2D eigenvalue weighted by atomic mass is 9.79. The molecule has 1 amide bonds. The van der Waals surface area contributed by atoms with E-state index in [0.29, 0.717) is 22.8 Å². The summed E-state index contributed by atoms with van der Waals surface area (Å²) in [5, 5.41) is 0. The predicted molar refractivity (Wildman–Crippen MR) is 61.5 cm³/mol. The van der Waals surface area contributed by atoms with Crippen molar-refractivity contribution in [3.8, 4) is 0 Å². The summed E-state index contributed by atoms with van der Waals surface area (Å²) in [5.41, 5.74) is 0.730. The van der Waals surface area contributed by atoms with Crippen LogP contribution in [0.2, 0.25) is 0 Å². The molecule has 1 heterocycles. The van der Waals surface area contributed by atoms with Crippen molar-refractivity contribution in [2.45, 2.75) is 59.4 Å². The van der Waals surface area contributed by atoms with E-state index in [1.165, 1.54) is 12.8 Å². The molecule has 0 aromatic carbocycles. The summed E-state index contributed by atoms with van der Waals surface area (Å²) in [6.07, 6.45) is 4.19. The average molecular weight is 209 g/mol. The van der Waals surface area contributed by atoms with Crippen LogP contribution in [0.4, 0.5) is 0 Å². The molecule has 2 aliphatic rings. The molecule has 15 heavy (non-hydrogen) atoms. The number of likely N-dealkylation sites (tertiary alicyclic amines) is 1. The van der Waals surface area contributed by atoms with Crippen LogP contribution in [0.25, 0.3) is 0 Å². The van der Waals surface area contributed by atoms with Crippen LogP contribution in [-0.4, -0.2) is 23.4 Å². The van der Waals surface area contributed by atoms with Crippen LogP contribution >= 0.6 is 0 Å². The number of nitrogens with zero attached hydrogens (tertiary/aromatic N) is 1. The largest absolute Gasteiger partial charge is 0.339 e. The Morgan fingerprint density at radius 3 is 2.53 bits per heavy atom. The minimum Gasteiger partial charge on any atom is -0.339 e. The summed E-state index contributed by atoms with van der Waals surface area (Å²) in [6.45, 7) is 10.1. The molecule has 0 aromatic rings. The Labute approximate surface area is 93.0 Å². The zero-order valence-electron chi connectivity index (χ0n) is 10.5. The van der Waals surface area contributed by atoms with Gasteiger partial charge >= 0.3 is 0 Å². The van der Waals surface area contributed by atoms with Crippen molar-refractivity contribution in [3.63, 3.8) is 0 Å². The molecule has 0 aromatic heterocycles. The molecule has 0 unspecified atom stereocenters. The van der Waals surface area contributed by atoms with E-state index in [4.69, 9.17) is 0 Å². The molecule has 1 saturated heterocycles. The van der Waals surface area contributed by atoms with Crippen LogP contribution in [0.15, 0.2) is 0 Å². The Kier molecular flexibility index (Phi) is 2.36. The van der Waals surface area contributed by atoms with Gasteiger partial charge in [-0.3, -0.25) is 4.79 Å². The third-order valence-electron chi connectivity index (χ3n) is 4.18. The van der Waals surface area contributed by atoms with Crippen molar-refractivity contribution < 1.29 is 4.79 Å². The first-order chi connectivity index (χ1) is 6.88. The van der Waals surface area contributed by atoms with E-state index in [0.717, 1.165) is 19.4 Å². The van der Waals surface area contributed by atoms with E-state index in [-0.39, 0.29) is 0 Å². The SMILES string of the molecule is CCCC(=O)N1C[C@]2(C)C[C@H]1C(C)(C)C2. The van der Waals surface area contributed by atoms with Crippen molar-refractivity contribution in [3.05, 3.63) is 0 Å². The fourth-order valence-electron chi connectivity index (χ4n) is 3.83. The highest BCUT2D eigenvalue weighted by Crippen LogP contribution is 2.56. The van der Waals surface area contributed by atoms with Gasteiger partial charge in [0, 0.05) is 19.0 Å². The van der Waals surface area contributed by atoms with Crippen molar-refractivity contribution in [1.29, 1.82) is 0 Å². The summed E-state index contributed by atoms with van der Waals surface area (Å²) < 4.78 is 0. The molecule has 0 N–H and O–H groups in total. The molecular weight excluding hydrogens is 186 g/mol. The van der Waals surface area contributed by atoms with Crippen LogP contribution in [0.1, 0.15) is 53.4 Å². The molecule has 1 saturated carbocycles. The maximum Gasteiger partial charge on any atom is 0.222 e. The molecule has 0 spiro atoms. The highest BCUT2D eigenvalue weighted by Gasteiger charge is 2.56. The van der Waals surface area contributed by atoms with Gasteiger partial charge in [-0.05, 0) is 30.1 Å². The van der Waals surface area contributed by atoms with Crippen LogP contribution in [0.3, 0.4) is 0 Å². The fraction of sp³-hybridized carbons (Fsp3) is 0.923. The second-order valence-electron chi connectivity index (χ2n) is 6.47. The van der Waals surface area contributed by atoms with E-state index < -0.39 is 0 Å². The fourth-order valence-corrected chi connectivity index (χ4v) is 3.83. The molecule has 86 valence electrons. The molecule has 2 atom stereocenters. The van der Waals surface area contributed by atoms with Gasteiger partial charge in [0.25, 0.3) is 0 Å². The number of hydrogen-bond acceptors (Lipinski definition) is 1. The minimum atomic E-state index is 0.330. The highest BCUT2D eigenvalue weighted by molar-refractivity contribution is 5.77. The van der Waals surface area contributed by atoms with Crippen molar-refractivity contribution >= 4 is 5.91 Å². The van der Waals surface area contributed by atoms with Crippen LogP contribution in [-0.2, 0) is 4.79 Å². The summed E-state index contributed by atoms with van der Waals surface area (Å²) in [5.74, 6) is 0.374. The van der Waals surface area contributed by atoms with E-state index in [2.05, 4.69) is 32.6 Å². The van der Waals surface area contributed by atoms with Gasteiger partial charge in [0.1, 0.15) is 0 Å². The Morgan fingerprint density at radius 2 is 2.07 bits per heavy atom. The summed E-state index contributed by atoms with van der Waals surface area (Å²) in [4.78, 5) is 14.2. The maximum absolute atomic E-state index is 12.0. The number of hydrogen-bond donors (Lipinski definition) is 0. The van der Waals surface area contributed by atoms with Gasteiger partial charge in [0.2, 0.25) is 5.91 Å². The van der Waals surface area contributed by atoms with E-state index in [1.54, 1.807) is 0 Å². The predicted octanol–water partition coefficient (Wildman–Crippen LogP) is 2.82. The third kappa shape index (κ3) is 1.68. The lowest BCUT2D eigenvalue weighted by Gasteiger charge is -2.41. The Morgan fingerprint density at radius 1 is 1.40 bits per heavy atom. The van der Waals surface area contributed by atoms with Crippen LogP contribution in [0.5, 0.6) is 0 Å². The zero-order valence-corrected chi connectivity index (χ0v) is 10.5. The molecule has 2 bridgehead atoms. The zero-order chi connectivity index (χ0) is 11.3. The van der Waals surface area contributed by atoms with Gasteiger partial charge in [-0.25, -0.2) is 0 Å². The van der Waals surface area contributed by atoms with Gasteiger partial charge in [0.15, 0.2) is 0 Å². The van der Waals surface area contributed by atoms with Crippen molar-refractivity contribution in [2.24, 2.45) is 10.8 Å². The van der Waals surface area contributed by atoms with Gasteiger partial charge in [-0.15, -0.1) is 0 Å². The van der Waals surface area contributed by atoms with Gasteiger partial charge in [-0.2, -0.15) is 0 Å². The minimum absolute atomic E-state index is 0.330. The van der Waals surface area contributed by atoms with E-state index in [1.807, 2.05) is 0 Å². The standard InChI is InChI=1S/C13H23NO/c1-5-6-11(15)14-9-13(4)7-10(14)12(2,3)8-13/h10H,5-9H2,1-4H3/t10-,13+/m0/s1. The van der Waals surface area contributed by atoms with Crippen molar-refractivity contribution in [1.82, 2.24) is 4.90 Å². The Balaban J connectivity index is 2.15. The number of amides is 1. The van der Waals surface area contributed by atoms with Crippen molar-refractivity contribution in [2.75, 3.05) is 6.54 Å². The summed E-state index contributed by atoms with van der Waals surface area (Å²) in [7, 11) is 0. The van der Waals surface area contributed by atoms with E-state index in [9.17, 15) is 4.79 Å². The first-order valence-electron chi connectivity index (χ1n) is 6.17. The lowest BCUT2D eigenvalue weighted by Crippen LogP contribution is -2.47. The first-order valence-corrected chi connectivity index (χ1v) is 6.17. The number of fused-ring (bicyclic) bond motifs is 2. The number of carbonyl (C=O) groups is 1. The summed E-state index contributed by atoms with van der Waals surface area (Å²) in [6, 6.07) is 0.501. The third-order valence-corrected chi connectivity index (χ3v) is 4.18. The normalized spacial score (nSPS) is 37.3. The maximum atomic E-state index is 12.0. The molecule has 1 aliphatic heterocycles. The van der Waals surface area contributed by atoms with Gasteiger partial charge < -0.3 is 4.90 Å². The molecule has 2 fully saturated rings. The van der Waals surface area contributed by atoms with Gasteiger partial charge in [0.05, 0.1) is 0 Å². The lowest BCUT2D eigenvalue weighted by molar-refractivity contribution is -0.136. The van der Waals surface area contributed by atoms with Crippen LogP contribution in [0, 0.1) is 10.8 Å². The molecule has 1 aliphatic carbocycles. The van der Waals surface area contributed by atoms with Crippen LogP contribution < -0.4 is 0 Å². The molecular formula is C13H23NO. The molecule has 2 rings (SSSR count). The second kappa shape index (κ2) is 3.23. The Bertz CT molecular complexity index is 282. The quantitative estimate of drug-likeness (QED) is 0.685. The van der Waals surface area contributed by atoms with Gasteiger partial charge in [-0.1, -0.05) is 27.7 Å². The Hall–Kier alpha value is -0.530. The summed E-state index contributed by atoms with van der Waals surface area (Å²) >= 11 is 0. The molecule has 0 radical (unpaired) electrons. The molecule has 2 nitrogen and oxygen atoms in total.